The van der Waals surface area contributed by atoms with Gasteiger partial charge in [-0.25, -0.2) is 0 Å². The number of benzene rings is 2. The average molecular weight is 336 g/mol. The SMILES string of the molecule is NCCc1cccc(Br)c1OCOCc1ccccc1. The first-order valence-corrected chi connectivity index (χ1v) is 7.32. The van der Waals surface area contributed by atoms with E-state index in [0.29, 0.717) is 13.2 Å². The van der Waals surface area contributed by atoms with Gasteiger partial charge in [0, 0.05) is 0 Å². The van der Waals surface area contributed by atoms with Crippen LogP contribution in [0.15, 0.2) is 53.0 Å². The van der Waals surface area contributed by atoms with E-state index >= 15 is 0 Å². The third-order valence-electron chi connectivity index (χ3n) is 2.86. The van der Waals surface area contributed by atoms with Crippen molar-refractivity contribution in [2.75, 3.05) is 13.3 Å². The highest BCUT2D eigenvalue weighted by atomic mass is 79.9. The van der Waals surface area contributed by atoms with Gasteiger partial charge in [0.15, 0.2) is 6.79 Å². The zero-order valence-corrected chi connectivity index (χ0v) is 12.8. The molecule has 2 rings (SSSR count). The lowest BCUT2D eigenvalue weighted by Gasteiger charge is -2.13. The Morgan fingerprint density at radius 3 is 2.55 bits per heavy atom. The molecule has 0 aliphatic rings. The Bertz CT molecular complexity index is 531. The zero-order chi connectivity index (χ0) is 14.2. The molecule has 0 amide bonds. The van der Waals surface area contributed by atoms with Crippen molar-refractivity contribution >= 4 is 15.9 Å². The lowest BCUT2D eigenvalue weighted by Crippen LogP contribution is -2.08. The van der Waals surface area contributed by atoms with Gasteiger partial charge in [-0.3, -0.25) is 0 Å². The van der Waals surface area contributed by atoms with Crippen molar-refractivity contribution in [2.45, 2.75) is 13.0 Å². The molecule has 106 valence electrons. The number of hydrogen-bond acceptors (Lipinski definition) is 3. The summed E-state index contributed by atoms with van der Waals surface area (Å²) in [6.45, 7) is 1.35. The van der Waals surface area contributed by atoms with Gasteiger partial charge in [0.1, 0.15) is 5.75 Å². The van der Waals surface area contributed by atoms with Gasteiger partial charge in [-0.2, -0.15) is 0 Å². The molecule has 0 atom stereocenters. The van der Waals surface area contributed by atoms with Gasteiger partial charge in [0.05, 0.1) is 11.1 Å². The highest BCUT2D eigenvalue weighted by molar-refractivity contribution is 9.10. The quantitative estimate of drug-likeness (QED) is 0.622. The van der Waals surface area contributed by atoms with Gasteiger partial charge in [-0.1, -0.05) is 42.5 Å². The molecule has 3 nitrogen and oxygen atoms in total. The van der Waals surface area contributed by atoms with Crippen LogP contribution in [0.5, 0.6) is 5.75 Å². The Labute approximate surface area is 127 Å². The fourth-order valence-electron chi connectivity index (χ4n) is 1.90. The molecule has 0 bridgehead atoms. The van der Waals surface area contributed by atoms with Crippen LogP contribution < -0.4 is 10.5 Å². The van der Waals surface area contributed by atoms with E-state index in [9.17, 15) is 0 Å². The topological polar surface area (TPSA) is 44.5 Å². The van der Waals surface area contributed by atoms with Crippen LogP contribution in [-0.2, 0) is 17.8 Å². The van der Waals surface area contributed by atoms with E-state index in [1.165, 1.54) is 0 Å². The summed E-state index contributed by atoms with van der Waals surface area (Å²) >= 11 is 3.49. The van der Waals surface area contributed by atoms with E-state index in [1.807, 2.05) is 48.5 Å². The van der Waals surface area contributed by atoms with Crippen LogP contribution in [0.2, 0.25) is 0 Å². The third-order valence-corrected chi connectivity index (χ3v) is 3.48. The fourth-order valence-corrected chi connectivity index (χ4v) is 2.42. The Hall–Kier alpha value is -1.36. The largest absolute Gasteiger partial charge is 0.466 e. The normalized spacial score (nSPS) is 10.5. The first kappa shape index (κ1) is 15.0. The summed E-state index contributed by atoms with van der Waals surface area (Å²) in [7, 11) is 0. The number of halogens is 1. The highest BCUT2D eigenvalue weighted by Gasteiger charge is 2.07. The fraction of sp³-hybridized carbons (Fsp3) is 0.250. The van der Waals surface area contributed by atoms with Crippen LogP contribution in [0, 0.1) is 0 Å². The second-order valence-electron chi connectivity index (χ2n) is 4.36. The minimum atomic E-state index is 0.217. The summed E-state index contributed by atoms with van der Waals surface area (Å²) in [5.74, 6) is 0.811. The molecular weight excluding hydrogens is 318 g/mol. The summed E-state index contributed by atoms with van der Waals surface area (Å²) < 4.78 is 12.2. The van der Waals surface area contributed by atoms with Gasteiger partial charge in [0.2, 0.25) is 0 Å². The smallest absolute Gasteiger partial charge is 0.189 e. The summed E-state index contributed by atoms with van der Waals surface area (Å²) in [5.41, 5.74) is 7.83. The average Bonchev–Trinajstić information content (AvgIpc) is 2.47. The van der Waals surface area contributed by atoms with E-state index in [0.717, 1.165) is 27.8 Å². The Morgan fingerprint density at radius 2 is 1.80 bits per heavy atom. The maximum Gasteiger partial charge on any atom is 0.189 e. The molecule has 0 fully saturated rings. The van der Waals surface area contributed by atoms with Crippen LogP contribution >= 0.6 is 15.9 Å². The van der Waals surface area contributed by atoms with Crippen LogP contribution in [-0.4, -0.2) is 13.3 Å². The van der Waals surface area contributed by atoms with Gasteiger partial charge in [-0.05, 0) is 46.1 Å². The Balaban J connectivity index is 1.87. The van der Waals surface area contributed by atoms with Crippen LogP contribution in [0.3, 0.4) is 0 Å². The monoisotopic (exact) mass is 335 g/mol. The molecule has 0 heterocycles. The second kappa shape index (κ2) is 8.04. The molecule has 2 aromatic rings. The van der Waals surface area contributed by atoms with Gasteiger partial charge >= 0.3 is 0 Å². The Morgan fingerprint density at radius 1 is 1.00 bits per heavy atom. The number of para-hydroxylation sites is 1. The van der Waals surface area contributed by atoms with Crippen LogP contribution in [0.1, 0.15) is 11.1 Å². The molecule has 0 aliphatic carbocycles. The zero-order valence-electron chi connectivity index (χ0n) is 11.2. The lowest BCUT2D eigenvalue weighted by molar-refractivity contribution is 0.00413. The lowest BCUT2D eigenvalue weighted by atomic mass is 10.1. The molecule has 0 radical (unpaired) electrons. The highest BCUT2D eigenvalue weighted by Crippen LogP contribution is 2.29. The third kappa shape index (κ3) is 4.34. The molecule has 0 unspecified atom stereocenters. The molecule has 4 heteroatoms. The van der Waals surface area contributed by atoms with Crippen molar-refractivity contribution < 1.29 is 9.47 Å². The van der Waals surface area contributed by atoms with Gasteiger partial charge in [-0.15, -0.1) is 0 Å². The number of nitrogens with two attached hydrogens (primary N) is 1. The van der Waals surface area contributed by atoms with Crippen molar-refractivity contribution in [3.8, 4) is 5.75 Å². The van der Waals surface area contributed by atoms with Crippen molar-refractivity contribution in [1.29, 1.82) is 0 Å². The summed E-state index contributed by atoms with van der Waals surface area (Å²) in [5, 5.41) is 0. The van der Waals surface area contributed by atoms with E-state index in [2.05, 4.69) is 15.9 Å². The summed E-state index contributed by atoms with van der Waals surface area (Å²) in [6, 6.07) is 16.0. The van der Waals surface area contributed by atoms with Gasteiger partial charge in [0.25, 0.3) is 0 Å². The van der Waals surface area contributed by atoms with Crippen LogP contribution in [0.25, 0.3) is 0 Å². The molecular formula is C16H18BrNO2. The molecule has 0 aliphatic heterocycles. The molecule has 0 spiro atoms. The van der Waals surface area contributed by atoms with Crippen molar-refractivity contribution in [1.82, 2.24) is 0 Å². The minimum absolute atomic E-state index is 0.217. The first-order chi connectivity index (χ1) is 9.81. The maximum atomic E-state index is 5.72. The summed E-state index contributed by atoms with van der Waals surface area (Å²) in [4.78, 5) is 0. The van der Waals surface area contributed by atoms with Crippen molar-refractivity contribution in [2.24, 2.45) is 5.73 Å². The predicted molar refractivity (Wildman–Crippen MR) is 83.6 cm³/mol. The molecule has 0 aromatic heterocycles. The summed E-state index contributed by atoms with van der Waals surface area (Å²) in [6.07, 6.45) is 0.785. The van der Waals surface area contributed by atoms with E-state index < -0.39 is 0 Å². The number of ether oxygens (including phenoxy) is 2. The molecule has 2 N–H and O–H groups in total. The van der Waals surface area contributed by atoms with E-state index in [-0.39, 0.29) is 6.79 Å². The van der Waals surface area contributed by atoms with E-state index in [1.54, 1.807) is 0 Å². The number of hydrogen-bond donors (Lipinski definition) is 1. The molecule has 20 heavy (non-hydrogen) atoms. The minimum Gasteiger partial charge on any atom is -0.466 e. The van der Waals surface area contributed by atoms with Gasteiger partial charge < -0.3 is 15.2 Å². The molecule has 0 saturated heterocycles. The second-order valence-corrected chi connectivity index (χ2v) is 5.22. The Kier molecular flexibility index (Phi) is 6.05. The predicted octanol–water partition coefficient (Wildman–Crippen LogP) is 3.50. The maximum absolute atomic E-state index is 5.72. The van der Waals surface area contributed by atoms with E-state index in [4.69, 9.17) is 15.2 Å². The standard InChI is InChI=1S/C16H18BrNO2/c17-15-8-4-7-14(9-10-18)16(15)20-12-19-11-13-5-2-1-3-6-13/h1-8H,9-12,18H2. The molecule has 0 saturated carbocycles. The number of rotatable bonds is 7. The first-order valence-electron chi connectivity index (χ1n) is 6.53. The van der Waals surface area contributed by atoms with Crippen molar-refractivity contribution in [3.05, 3.63) is 64.1 Å². The van der Waals surface area contributed by atoms with Crippen molar-refractivity contribution in [3.63, 3.8) is 0 Å². The molecule has 2 aromatic carbocycles. The van der Waals surface area contributed by atoms with Crippen LogP contribution in [0.4, 0.5) is 0 Å².